The van der Waals surface area contributed by atoms with Crippen molar-refractivity contribution in [1.29, 1.82) is 0 Å². The Bertz CT molecular complexity index is 1720. The molecule has 43 heavy (non-hydrogen) atoms. The molecule has 2 heterocycles. The van der Waals surface area contributed by atoms with Crippen LogP contribution in [0.5, 0.6) is 0 Å². The van der Waals surface area contributed by atoms with E-state index < -0.39 is 16.1 Å². The van der Waals surface area contributed by atoms with E-state index in [1.54, 1.807) is 19.1 Å². The normalized spacial score (nSPS) is 18.3. The molecule has 1 fully saturated rings. The van der Waals surface area contributed by atoms with E-state index in [4.69, 9.17) is 11.6 Å². The van der Waals surface area contributed by atoms with E-state index in [0.29, 0.717) is 10.6 Å². The lowest BCUT2D eigenvalue weighted by atomic mass is 9.86. The number of halogens is 1. The molecule has 1 amide bonds. The molecule has 226 valence electrons. The number of hydrogen-bond donors (Lipinski definition) is 2. The fourth-order valence-corrected chi connectivity index (χ4v) is 9.67. The molecule has 0 saturated carbocycles. The van der Waals surface area contributed by atoms with Gasteiger partial charge in [-0.2, -0.15) is 0 Å². The average Bonchev–Trinajstić information content (AvgIpc) is 3.34. The van der Waals surface area contributed by atoms with Crippen LogP contribution in [0.4, 0.5) is 0 Å². The molecule has 0 bridgehead atoms. The number of likely N-dealkylation sites (tertiary alicyclic amines) is 1. The lowest BCUT2D eigenvalue weighted by Crippen LogP contribution is -2.36. The van der Waals surface area contributed by atoms with Crippen molar-refractivity contribution in [2.24, 2.45) is 0 Å². The molecule has 4 aromatic rings. The Morgan fingerprint density at radius 3 is 2.60 bits per heavy atom. The van der Waals surface area contributed by atoms with E-state index in [-0.39, 0.29) is 22.6 Å². The summed E-state index contributed by atoms with van der Waals surface area (Å²) in [6.07, 6.45) is 6.77. The second-order valence-corrected chi connectivity index (χ2v) is 15.2. The predicted molar refractivity (Wildman–Crippen MR) is 175 cm³/mol. The van der Waals surface area contributed by atoms with Crippen LogP contribution in [-0.2, 0) is 27.8 Å². The first-order valence-corrected chi connectivity index (χ1v) is 17.8. The largest absolute Gasteiger partial charge is 0.349 e. The number of nitrogens with zero attached hydrogens (tertiary/aromatic N) is 1. The van der Waals surface area contributed by atoms with E-state index in [9.17, 15) is 13.2 Å². The number of carbonyl (C=O) groups is 1. The van der Waals surface area contributed by atoms with Gasteiger partial charge in [-0.3, -0.25) is 9.69 Å². The topological polar surface area (TPSA) is 78.5 Å². The third kappa shape index (κ3) is 6.99. The van der Waals surface area contributed by atoms with Gasteiger partial charge >= 0.3 is 0 Å². The van der Waals surface area contributed by atoms with E-state index in [1.165, 1.54) is 60.4 Å². The number of carbonyl (C=O) groups excluding carboxylic acids is 1. The number of piperidine rings is 1. The Kier molecular flexibility index (Phi) is 9.21. The van der Waals surface area contributed by atoms with Crippen LogP contribution in [0.2, 0.25) is 5.02 Å². The second-order valence-electron chi connectivity index (χ2n) is 11.8. The first kappa shape index (κ1) is 30.3. The Hall–Kier alpha value is -2.75. The van der Waals surface area contributed by atoms with Gasteiger partial charge in [-0.05, 0) is 104 Å². The minimum atomic E-state index is -3.92. The number of nitrogens with one attached hydrogen (secondary N) is 2. The summed E-state index contributed by atoms with van der Waals surface area (Å²) in [7, 11) is -3.92. The summed E-state index contributed by atoms with van der Waals surface area (Å²) in [4.78, 5) is 16.1. The fraction of sp³-hybridized carbons (Fsp3) is 0.382. The minimum Gasteiger partial charge on any atom is -0.349 e. The van der Waals surface area contributed by atoms with Gasteiger partial charge in [0.05, 0.1) is 12.1 Å². The second kappa shape index (κ2) is 13.1. The highest BCUT2D eigenvalue weighted by molar-refractivity contribution is 7.91. The van der Waals surface area contributed by atoms with Crippen LogP contribution in [-0.4, -0.2) is 32.3 Å². The van der Waals surface area contributed by atoms with Crippen molar-refractivity contribution in [3.63, 3.8) is 0 Å². The monoisotopic (exact) mass is 635 g/mol. The zero-order chi connectivity index (χ0) is 30.0. The zero-order valence-corrected chi connectivity index (χ0v) is 26.8. The van der Waals surface area contributed by atoms with Gasteiger partial charge in [0.2, 0.25) is 5.91 Å². The van der Waals surface area contributed by atoms with Gasteiger partial charge in [0, 0.05) is 22.7 Å². The van der Waals surface area contributed by atoms with Gasteiger partial charge in [0.25, 0.3) is 10.0 Å². The van der Waals surface area contributed by atoms with E-state index in [1.807, 2.05) is 36.4 Å². The van der Waals surface area contributed by atoms with Crippen LogP contribution in [0.15, 0.2) is 70.9 Å². The van der Waals surface area contributed by atoms with Gasteiger partial charge < -0.3 is 5.32 Å². The average molecular weight is 636 g/mol. The first-order chi connectivity index (χ1) is 20.8. The third-order valence-corrected chi connectivity index (χ3v) is 12.3. The van der Waals surface area contributed by atoms with E-state index in [2.05, 4.69) is 33.1 Å². The van der Waals surface area contributed by atoms with E-state index >= 15 is 0 Å². The van der Waals surface area contributed by atoms with Crippen molar-refractivity contribution < 1.29 is 13.2 Å². The van der Waals surface area contributed by atoms with Gasteiger partial charge in [-0.15, -0.1) is 11.3 Å². The molecule has 1 saturated heterocycles. The first-order valence-electron chi connectivity index (χ1n) is 15.2. The number of hydrogen-bond acceptors (Lipinski definition) is 5. The number of benzene rings is 3. The summed E-state index contributed by atoms with van der Waals surface area (Å²) < 4.78 is 31.4. The minimum absolute atomic E-state index is 0.00209. The van der Waals surface area contributed by atoms with Crippen molar-refractivity contribution in [2.45, 2.75) is 74.7 Å². The molecule has 1 unspecified atom stereocenters. The highest BCUT2D eigenvalue weighted by atomic mass is 35.5. The molecule has 0 spiro atoms. The number of sulfonamides is 1. The molecule has 1 aliphatic heterocycles. The van der Waals surface area contributed by atoms with Crippen molar-refractivity contribution in [3.8, 4) is 0 Å². The Labute approximate surface area is 263 Å². The van der Waals surface area contributed by atoms with E-state index in [0.717, 1.165) is 41.5 Å². The van der Waals surface area contributed by atoms with Crippen LogP contribution in [0.25, 0.3) is 10.1 Å². The summed E-state index contributed by atoms with van der Waals surface area (Å²) >= 11 is 7.40. The number of thiophene rings is 1. The molecule has 0 radical (unpaired) electrons. The lowest BCUT2D eigenvalue weighted by molar-refractivity contribution is -0.122. The van der Waals surface area contributed by atoms with Crippen LogP contribution in [0, 0.1) is 6.92 Å². The van der Waals surface area contributed by atoms with Crippen molar-refractivity contribution in [2.75, 3.05) is 13.1 Å². The Morgan fingerprint density at radius 2 is 1.81 bits per heavy atom. The molecular weight excluding hydrogens is 598 g/mol. The molecule has 2 atom stereocenters. The molecule has 6 rings (SSSR count). The van der Waals surface area contributed by atoms with Gasteiger partial charge in [0.1, 0.15) is 4.21 Å². The number of rotatable bonds is 9. The molecular formula is C34H38ClN3O3S2. The summed E-state index contributed by atoms with van der Waals surface area (Å²) in [6, 6.07) is 20.6. The van der Waals surface area contributed by atoms with Crippen molar-refractivity contribution in [1.82, 2.24) is 14.9 Å². The summed E-state index contributed by atoms with van der Waals surface area (Å²) in [6.45, 7) is 5.11. The van der Waals surface area contributed by atoms with Crippen molar-refractivity contribution >= 4 is 49.0 Å². The predicted octanol–water partition coefficient (Wildman–Crippen LogP) is 7.45. The maximum atomic E-state index is 13.7. The lowest BCUT2D eigenvalue weighted by Gasteiger charge is -2.29. The zero-order valence-electron chi connectivity index (χ0n) is 24.4. The standard InChI is InChI=1S/C34H38ClN3O3S2/c1-23-29-20-27(35)14-16-32(29)42-34(23)43(40,41)37-31(25-9-4-2-5-10-25)21-33(39)36-30-12-8-11-26-19-24(13-15-28(26)30)22-38-17-6-3-7-18-38/h2,4-5,9-10,13-16,19-20,30-31,37H,3,6-8,11-12,17-18,21-22H2,1H3,(H,36,39)/t30?,31-/m1/s1. The fourth-order valence-electron chi connectivity index (χ4n) is 6.51. The van der Waals surface area contributed by atoms with Gasteiger partial charge in [-0.1, -0.05) is 66.6 Å². The molecule has 1 aromatic heterocycles. The molecule has 6 nitrogen and oxygen atoms in total. The number of fused-ring (bicyclic) bond motifs is 2. The maximum Gasteiger partial charge on any atom is 0.250 e. The summed E-state index contributed by atoms with van der Waals surface area (Å²) in [5.41, 5.74) is 5.23. The van der Waals surface area contributed by atoms with Gasteiger partial charge in [0.15, 0.2) is 0 Å². The van der Waals surface area contributed by atoms with Crippen LogP contribution in [0.1, 0.15) is 78.4 Å². The highest BCUT2D eigenvalue weighted by Crippen LogP contribution is 2.37. The summed E-state index contributed by atoms with van der Waals surface area (Å²) in [5, 5.41) is 4.63. The smallest absolute Gasteiger partial charge is 0.250 e. The molecule has 2 aliphatic rings. The van der Waals surface area contributed by atoms with Gasteiger partial charge in [-0.25, -0.2) is 13.1 Å². The maximum absolute atomic E-state index is 13.7. The molecule has 2 N–H and O–H groups in total. The number of aryl methyl sites for hydroxylation is 2. The van der Waals surface area contributed by atoms with Crippen LogP contribution in [0.3, 0.4) is 0 Å². The van der Waals surface area contributed by atoms with Crippen LogP contribution >= 0.6 is 22.9 Å². The molecule has 9 heteroatoms. The van der Waals surface area contributed by atoms with Crippen LogP contribution < -0.4 is 10.0 Å². The Balaban J connectivity index is 1.19. The molecule has 3 aromatic carbocycles. The molecule has 1 aliphatic carbocycles. The highest BCUT2D eigenvalue weighted by Gasteiger charge is 2.29. The third-order valence-electron chi connectivity index (χ3n) is 8.70. The Morgan fingerprint density at radius 1 is 1.02 bits per heavy atom. The number of amides is 1. The van der Waals surface area contributed by atoms with Crippen molar-refractivity contribution in [3.05, 3.63) is 99.6 Å². The quantitative estimate of drug-likeness (QED) is 0.200. The SMILES string of the molecule is Cc1c(S(=O)(=O)N[C@H](CC(=O)NC2CCCc3cc(CN4CCCCC4)ccc32)c2ccccc2)sc2ccc(Cl)cc12. The summed E-state index contributed by atoms with van der Waals surface area (Å²) in [5.74, 6) is -0.174.